The number of aromatic nitrogens is 2. The molecule has 4 aromatic rings. The van der Waals surface area contributed by atoms with Gasteiger partial charge in [-0.2, -0.15) is 0 Å². The molecule has 6 heterocycles. The molecule has 366 valence electrons. The summed E-state index contributed by atoms with van der Waals surface area (Å²) in [5, 5.41) is 10.4. The summed E-state index contributed by atoms with van der Waals surface area (Å²) in [6.07, 6.45) is 3.08. The van der Waals surface area contributed by atoms with Gasteiger partial charge in [0, 0.05) is 81.9 Å². The number of nitrogens with zero attached hydrogens (tertiary/aromatic N) is 6. The normalized spacial score (nSPS) is 20.9. The van der Waals surface area contributed by atoms with E-state index in [2.05, 4.69) is 20.6 Å². The number of carbonyl (C=O) groups excluding carboxylic acids is 6. The van der Waals surface area contributed by atoms with Gasteiger partial charge in [-0.15, -0.1) is 22.7 Å². The predicted molar refractivity (Wildman–Crippen MR) is 245 cm³/mol. The molecule has 2 N–H and O–H groups in total. The molecule has 2 saturated heterocycles. The van der Waals surface area contributed by atoms with Crippen molar-refractivity contribution in [1.29, 1.82) is 0 Å². The highest BCUT2D eigenvalue weighted by molar-refractivity contribution is 7.12. The molecule has 4 aliphatic heterocycles. The van der Waals surface area contributed by atoms with Crippen LogP contribution in [0.5, 0.6) is 0 Å². The zero-order chi connectivity index (χ0) is 49.6. The number of thiazole rings is 2. The van der Waals surface area contributed by atoms with Crippen molar-refractivity contribution in [2.45, 2.75) is 24.2 Å². The number of esters is 6. The molecule has 0 saturated carbocycles. The van der Waals surface area contributed by atoms with Crippen LogP contribution in [-0.4, -0.2) is 146 Å². The van der Waals surface area contributed by atoms with E-state index < -0.39 is 71.6 Å². The van der Waals surface area contributed by atoms with E-state index in [1.54, 1.807) is 23.2 Å². The topological polar surface area (TPSA) is 239 Å². The molecule has 0 bridgehead atoms. The quantitative estimate of drug-likeness (QED) is 0.0894. The minimum Gasteiger partial charge on any atom is -0.466 e. The van der Waals surface area contributed by atoms with Crippen LogP contribution in [0, 0.1) is 11.6 Å². The molecule has 8 rings (SSSR count). The van der Waals surface area contributed by atoms with Gasteiger partial charge in [-0.05, 0) is 24.3 Å². The first kappa shape index (κ1) is 50.0. The molecule has 0 unspecified atom stereocenters. The average Bonchev–Trinajstić information content (AvgIpc) is 4.10. The SMILES string of the molecule is COC(=O)C1=C(CN2CCOC[C@H]2C(=O)OC(=O)C(=O)OC(=O)[C@@H]2COCCN2CC2=C(C(=O)OC)[C@H](c3ccc(F)cc3Cl)N=C(c3nccs3)N2)NC(c2nccs2)=N[C@H]1c1ccc(F)cc1Cl. The molecule has 4 atom stereocenters. The van der Waals surface area contributed by atoms with Crippen LogP contribution in [0.15, 0.2) is 92.1 Å². The fraction of sp³-hybridized carbons (Fsp3) is 0.318. The number of hydrogen-bond donors (Lipinski definition) is 2. The van der Waals surface area contributed by atoms with E-state index in [1.807, 2.05) is 0 Å². The Bertz CT molecular complexity index is 2660. The van der Waals surface area contributed by atoms with E-state index in [1.165, 1.54) is 44.6 Å². The van der Waals surface area contributed by atoms with Gasteiger partial charge in [0.05, 0.1) is 51.8 Å². The summed E-state index contributed by atoms with van der Waals surface area (Å²) in [5.74, 6) is -8.59. The van der Waals surface area contributed by atoms with E-state index in [0.717, 1.165) is 38.5 Å². The third-order valence-electron chi connectivity index (χ3n) is 11.1. The third kappa shape index (κ3) is 11.0. The lowest BCUT2D eigenvalue weighted by molar-refractivity contribution is -0.183. The third-order valence-corrected chi connectivity index (χ3v) is 13.4. The number of aliphatic imine (C=N–C) groups is 2. The highest BCUT2D eigenvalue weighted by atomic mass is 35.5. The summed E-state index contributed by atoms with van der Waals surface area (Å²) < 4.78 is 59.7. The number of carbonyl (C=O) groups is 6. The van der Waals surface area contributed by atoms with Gasteiger partial charge in [0.25, 0.3) is 0 Å². The van der Waals surface area contributed by atoms with Gasteiger partial charge < -0.3 is 39.1 Å². The van der Waals surface area contributed by atoms with E-state index in [-0.39, 0.29) is 108 Å². The summed E-state index contributed by atoms with van der Waals surface area (Å²) in [6.45, 7) is -0.756. The highest BCUT2D eigenvalue weighted by Crippen LogP contribution is 2.39. The highest BCUT2D eigenvalue weighted by Gasteiger charge is 2.42. The minimum atomic E-state index is -1.82. The summed E-state index contributed by atoms with van der Waals surface area (Å²) in [6, 6.07) is 2.27. The van der Waals surface area contributed by atoms with Gasteiger partial charge >= 0.3 is 35.8 Å². The van der Waals surface area contributed by atoms with Crippen LogP contribution in [0.1, 0.15) is 33.2 Å². The monoisotopic (exact) mass is 1040 g/mol. The van der Waals surface area contributed by atoms with E-state index >= 15 is 0 Å². The lowest BCUT2D eigenvalue weighted by Gasteiger charge is -2.36. The van der Waals surface area contributed by atoms with Gasteiger partial charge in [-0.1, -0.05) is 35.3 Å². The molecule has 70 heavy (non-hydrogen) atoms. The molecule has 2 aromatic heterocycles. The van der Waals surface area contributed by atoms with Crippen LogP contribution in [-0.2, 0) is 57.2 Å². The van der Waals surface area contributed by atoms with Crippen molar-refractivity contribution in [3.63, 3.8) is 0 Å². The van der Waals surface area contributed by atoms with Crippen LogP contribution in [0.3, 0.4) is 0 Å². The molecule has 4 aliphatic rings. The summed E-state index contributed by atoms with van der Waals surface area (Å²) in [4.78, 5) is 102. The number of ether oxygens (including phenoxy) is 6. The maximum atomic E-state index is 14.2. The number of benzene rings is 2. The first-order valence-corrected chi connectivity index (χ1v) is 23.4. The van der Waals surface area contributed by atoms with Crippen molar-refractivity contribution in [1.82, 2.24) is 30.4 Å². The van der Waals surface area contributed by atoms with Crippen LogP contribution < -0.4 is 10.6 Å². The van der Waals surface area contributed by atoms with Crippen molar-refractivity contribution in [3.8, 4) is 0 Å². The van der Waals surface area contributed by atoms with Crippen molar-refractivity contribution < 1.29 is 66.0 Å². The molecule has 0 aliphatic carbocycles. The maximum absolute atomic E-state index is 14.2. The number of nitrogens with one attached hydrogen (secondary N) is 2. The van der Waals surface area contributed by atoms with Crippen molar-refractivity contribution in [2.24, 2.45) is 9.98 Å². The van der Waals surface area contributed by atoms with Gasteiger partial charge in [0.15, 0.2) is 21.7 Å². The maximum Gasteiger partial charge on any atom is 0.425 e. The fourth-order valence-electron chi connectivity index (χ4n) is 7.83. The second-order valence-corrected chi connectivity index (χ2v) is 17.9. The molecule has 0 spiro atoms. The van der Waals surface area contributed by atoms with E-state index in [0.29, 0.717) is 10.0 Å². The van der Waals surface area contributed by atoms with E-state index in [4.69, 9.17) is 61.6 Å². The number of methoxy groups -OCH3 is 2. The van der Waals surface area contributed by atoms with Crippen LogP contribution in [0.2, 0.25) is 10.0 Å². The number of rotatable bonds is 12. The molecule has 20 nitrogen and oxygen atoms in total. The smallest absolute Gasteiger partial charge is 0.425 e. The first-order valence-electron chi connectivity index (χ1n) is 20.9. The molecule has 2 fully saturated rings. The lowest BCUT2D eigenvalue weighted by Crippen LogP contribution is -2.54. The fourth-order valence-corrected chi connectivity index (χ4v) is 9.55. The standard InChI is InChI=1S/C44H38Cl2F2N8O12S2/c1-63-41(59)31-27(51-35(37-49-7-13-69-37)53-33(31)23-5-3-21(47)15-25(23)45)17-55-9-11-65-19-29(55)39(57)67-43(61)44(62)68-40(58)30-20-66-12-10-56(30)18-28-32(42(60)64-2)34(24-6-4-22(48)16-26(24)46)54-36(52-28)38-50-8-14-70-38/h3-8,13-16,29-30,33-34H,9-12,17-20H2,1-2H3,(H,51,53)(H,52,54)/t29-,30-,33-,34-/m0/s1. The zero-order valence-corrected chi connectivity index (χ0v) is 39.8. The van der Waals surface area contributed by atoms with Gasteiger partial charge in [0.1, 0.15) is 35.8 Å². The number of morpholine rings is 2. The van der Waals surface area contributed by atoms with Crippen molar-refractivity contribution >= 4 is 93.4 Å². The zero-order valence-electron chi connectivity index (χ0n) is 36.7. The average molecular weight is 1040 g/mol. The van der Waals surface area contributed by atoms with E-state index in [9.17, 15) is 37.5 Å². The Morgan fingerprint density at radius 1 is 0.686 bits per heavy atom. The molecule has 26 heteroatoms. The second-order valence-electron chi connectivity index (χ2n) is 15.3. The van der Waals surface area contributed by atoms with Crippen LogP contribution >= 0.6 is 45.9 Å². The number of amidine groups is 2. The molecular formula is C44H38Cl2F2N8O12S2. The minimum absolute atomic E-state index is 0.0276. The first-order chi connectivity index (χ1) is 33.7. The Labute approximate surface area is 413 Å². The van der Waals surface area contributed by atoms with Crippen molar-refractivity contribution in [2.75, 3.05) is 66.8 Å². The number of hydrogen-bond acceptors (Lipinski definition) is 22. The predicted octanol–water partition coefficient (Wildman–Crippen LogP) is 3.46. The van der Waals surface area contributed by atoms with Crippen molar-refractivity contribution in [3.05, 3.63) is 125 Å². The summed E-state index contributed by atoms with van der Waals surface area (Å²) in [7, 11) is 2.31. The lowest BCUT2D eigenvalue weighted by atomic mass is 9.95. The second kappa shape index (κ2) is 22.1. The number of halogens is 4. The van der Waals surface area contributed by atoms with Crippen LogP contribution in [0.25, 0.3) is 0 Å². The van der Waals surface area contributed by atoms with Gasteiger partial charge in [-0.3, -0.25) is 19.8 Å². The van der Waals surface area contributed by atoms with Crippen LogP contribution in [0.4, 0.5) is 8.78 Å². The molecule has 2 aromatic carbocycles. The van der Waals surface area contributed by atoms with Gasteiger partial charge in [-0.25, -0.2) is 47.5 Å². The molecule has 0 radical (unpaired) electrons. The summed E-state index contributed by atoms with van der Waals surface area (Å²) >= 11 is 15.4. The largest absolute Gasteiger partial charge is 0.466 e. The Morgan fingerprint density at radius 3 is 1.46 bits per heavy atom. The summed E-state index contributed by atoms with van der Waals surface area (Å²) in [5.41, 5.74) is 0.841. The Hall–Kier alpha value is -6.38. The molecular weight excluding hydrogens is 1010 g/mol. The molecule has 0 amide bonds. The Morgan fingerprint density at radius 2 is 1.10 bits per heavy atom. The van der Waals surface area contributed by atoms with Gasteiger partial charge in [0.2, 0.25) is 0 Å². The Balaban J connectivity index is 0.986. The Kier molecular flexibility index (Phi) is 15.8.